The average molecular weight is 352 g/mol. The van der Waals surface area contributed by atoms with Crippen molar-refractivity contribution in [2.24, 2.45) is 5.92 Å². The maximum Gasteiger partial charge on any atom is 0.352 e. The van der Waals surface area contributed by atoms with Gasteiger partial charge in [-0.3, -0.25) is 0 Å². The number of hydrogen-bond donors (Lipinski definition) is 1. The quantitative estimate of drug-likeness (QED) is 0.895. The second kappa shape index (κ2) is 5.59. The second-order valence-corrected chi connectivity index (χ2v) is 8.43. The molecule has 1 saturated heterocycles. The molecule has 5 heteroatoms. The highest BCUT2D eigenvalue weighted by Gasteiger charge is 2.55. The fraction of sp³-hybridized carbons (Fsp3) is 0.524. The Morgan fingerprint density at radius 3 is 2.65 bits per heavy atom. The number of carbonyl (C=O) groups is 1. The summed E-state index contributed by atoms with van der Waals surface area (Å²) in [6, 6.07) is 10.3. The van der Waals surface area contributed by atoms with Crippen LogP contribution in [0.3, 0.4) is 0 Å². The summed E-state index contributed by atoms with van der Waals surface area (Å²) in [5, 5.41) is 20.3. The van der Waals surface area contributed by atoms with Gasteiger partial charge < -0.3 is 14.4 Å². The van der Waals surface area contributed by atoms with E-state index >= 15 is 0 Å². The summed E-state index contributed by atoms with van der Waals surface area (Å²) in [6.45, 7) is 6.97. The molecule has 1 aliphatic carbocycles. The maximum atomic E-state index is 11.8. The number of nitrogens with zero attached hydrogens (tertiary/aromatic N) is 2. The third-order valence-corrected chi connectivity index (χ3v) is 6.08. The number of carboxylic acid groups (broad SMARTS) is 1. The molecule has 2 fully saturated rings. The molecular weight excluding hydrogens is 328 g/mol. The largest absolute Gasteiger partial charge is 0.477 e. The first-order valence-corrected chi connectivity index (χ1v) is 9.22. The Bertz CT molecular complexity index is 937. The monoisotopic (exact) mass is 352 g/mol. The minimum atomic E-state index is -0.983. The molecule has 1 aromatic heterocycles. The highest BCUT2D eigenvalue weighted by atomic mass is 16.5. The van der Waals surface area contributed by atoms with Crippen molar-refractivity contribution >= 4 is 16.9 Å². The SMILES string of the molecule is C[C@H]1C[C@]1(C#N)n1c(C(=O)O)cc2cc([C@H]3CCOC(C)(C)C3)ccc21. The van der Waals surface area contributed by atoms with E-state index in [9.17, 15) is 15.2 Å². The smallest absolute Gasteiger partial charge is 0.352 e. The number of hydrogen-bond acceptors (Lipinski definition) is 3. The van der Waals surface area contributed by atoms with E-state index in [1.807, 2.05) is 13.0 Å². The van der Waals surface area contributed by atoms with Crippen LogP contribution < -0.4 is 0 Å². The van der Waals surface area contributed by atoms with Gasteiger partial charge in [-0.2, -0.15) is 5.26 Å². The van der Waals surface area contributed by atoms with E-state index in [2.05, 4.69) is 32.0 Å². The molecule has 1 N–H and O–H groups in total. The van der Waals surface area contributed by atoms with Crippen LogP contribution in [0.1, 0.15) is 62.0 Å². The molecule has 3 atom stereocenters. The lowest BCUT2D eigenvalue weighted by Gasteiger charge is -2.35. The molecule has 1 saturated carbocycles. The van der Waals surface area contributed by atoms with E-state index in [1.165, 1.54) is 5.56 Å². The van der Waals surface area contributed by atoms with E-state index < -0.39 is 11.5 Å². The normalized spacial score (nSPS) is 30.1. The summed E-state index contributed by atoms with van der Waals surface area (Å²) < 4.78 is 7.56. The van der Waals surface area contributed by atoms with Crippen LogP contribution in [0.15, 0.2) is 24.3 Å². The molecule has 4 rings (SSSR count). The van der Waals surface area contributed by atoms with Gasteiger partial charge in [0.25, 0.3) is 0 Å². The first-order chi connectivity index (χ1) is 12.3. The molecule has 26 heavy (non-hydrogen) atoms. The minimum Gasteiger partial charge on any atom is -0.477 e. The van der Waals surface area contributed by atoms with Crippen LogP contribution in [0.4, 0.5) is 0 Å². The van der Waals surface area contributed by atoms with Gasteiger partial charge in [-0.15, -0.1) is 0 Å². The molecule has 0 radical (unpaired) electrons. The first-order valence-electron chi connectivity index (χ1n) is 9.22. The van der Waals surface area contributed by atoms with Gasteiger partial charge in [0, 0.05) is 12.0 Å². The van der Waals surface area contributed by atoms with Gasteiger partial charge in [-0.1, -0.05) is 13.0 Å². The molecule has 0 bridgehead atoms. The highest BCUT2D eigenvalue weighted by molar-refractivity contribution is 5.95. The van der Waals surface area contributed by atoms with Gasteiger partial charge >= 0.3 is 5.97 Å². The van der Waals surface area contributed by atoms with Gasteiger partial charge in [-0.25, -0.2) is 4.79 Å². The molecule has 2 heterocycles. The standard InChI is InChI=1S/C21H24N2O3/c1-13-10-21(13,12-22)23-17-5-4-14(8-16(17)9-18(23)19(24)25)15-6-7-26-20(2,3)11-15/h4-5,8-9,13,15H,6-7,10-11H2,1-3H3,(H,24,25)/t13-,15-,21+/m0/s1. The average Bonchev–Trinajstić information content (AvgIpc) is 3.09. The van der Waals surface area contributed by atoms with Crippen molar-refractivity contribution in [2.75, 3.05) is 6.61 Å². The molecule has 0 unspecified atom stereocenters. The first kappa shape index (κ1) is 17.1. The molecule has 136 valence electrons. The fourth-order valence-corrected chi connectivity index (χ4v) is 4.52. The van der Waals surface area contributed by atoms with Crippen molar-refractivity contribution in [2.45, 2.75) is 57.1 Å². The third kappa shape index (κ3) is 2.52. The third-order valence-electron chi connectivity index (χ3n) is 6.08. The maximum absolute atomic E-state index is 11.8. The summed E-state index contributed by atoms with van der Waals surface area (Å²) in [7, 11) is 0. The Morgan fingerprint density at radius 1 is 1.35 bits per heavy atom. The number of aromatic carboxylic acids is 1. The second-order valence-electron chi connectivity index (χ2n) is 8.43. The Labute approximate surface area is 153 Å². The number of nitriles is 1. The lowest BCUT2D eigenvalue weighted by molar-refractivity contribution is -0.0592. The number of ether oxygens (including phenoxy) is 1. The number of fused-ring (bicyclic) bond motifs is 1. The zero-order chi connectivity index (χ0) is 18.7. The summed E-state index contributed by atoms with van der Waals surface area (Å²) in [6.07, 6.45) is 2.62. The summed E-state index contributed by atoms with van der Waals surface area (Å²) in [5.74, 6) is -0.412. The number of carboxylic acids is 1. The van der Waals surface area contributed by atoms with Gasteiger partial charge in [-0.05, 0) is 68.7 Å². The van der Waals surface area contributed by atoms with E-state index in [0.717, 1.165) is 30.4 Å². The molecular formula is C21H24N2O3. The molecule has 0 amide bonds. The highest BCUT2D eigenvalue weighted by Crippen LogP contribution is 2.52. The van der Waals surface area contributed by atoms with Crippen molar-refractivity contribution in [3.05, 3.63) is 35.5 Å². The Kier molecular flexibility index (Phi) is 3.68. The predicted octanol–water partition coefficient (Wildman–Crippen LogP) is 4.27. The van der Waals surface area contributed by atoms with Crippen LogP contribution in [0.5, 0.6) is 0 Å². The Balaban J connectivity index is 1.81. The van der Waals surface area contributed by atoms with Crippen molar-refractivity contribution in [1.29, 1.82) is 5.26 Å². The van der Waals surface area contributed by atoms with Crippen molar-refractivity contribution in [3.63, 3.8) is 0 Å². The minimum absolute atomic E-state index is 0.135. The van der Waals surface area contributed by atoms with Gasteiger partial charge in [0.1, 0.15) is 11.2 Å². The zero-order valence-electron chi connectivity index (χ0n) is 15.5. The molecule has 2 aliphatic rings. The predicted molar refractivity (Wildman–Crippen MR) is 98.3 cm³/mol. The number of rotatable bonds is 3. The summed E-state index contributed by atoms with van der Waals surface area (Å²) >= 11 is 0. The van der Waals surface area contributed by atoms with Crippen LogP contribution in [0, 0.1) is 17.2 Å². The lowest BCUT2D eigenvalue weighted by Crippen LogP contribution is -2.32. The fourth-order valence-electron chi connectivity index (χ4n) is 4.52. The molecule has 2 aromatic rings. The van der Waals surface area contributed by atoms with Crippen LogP contribution in [0.25, 0.3) is 10.9 Å². The van der Waals surface area contributed by atoms with Crippen molar-refractivity contribution < 1.29 is 14.6 Å². The van der Waals surface area contributed by atoms with E-state index in [1.54, 1.807) is 10.6 Å². The van der Waals surface area contributed by atoms with E-state index in [4.69, 9.17) is 4.74 Å². The Morgan fingerprint density at radius 2 is 2.08 bits per heavy atom. The van der Waals surface area contributed by atoms with Crippen LogP contribution >= 0.6 is 0 Å². The Hall–Kier alpha value is -2.32. The van der Waals surface area contributed by atoms with Gasteiger partial charge in [0.05, 0.1) is 17.2 Å². The molecule has 1 aromatic carbocycles. The summed E-state index contributed by atoms with van der Waals surface area (Å²) in [5.41, 5.74) is 1.40. The van der Waals surface area contributed by atoms with Crippen LogP contribution in [0.2, 0.25) is 0 Å². The zero-order valence-corrected chi connectivity index (χ0v) is 15.5. The van der Waals surface area contributed by atoms with E-state index in [-0.39, 0.29) is 17.2 Å². The topological polar surface area (TPSA) is 75.2 Å². The van der Waals surface area contributed by atoms with Crippen molar-refractivity contribution in [1.82, 2.24) is 4.57 Å². The number of benzene rings is 1. The van der Waals surface area contributed by atoms with Crippen LogP contribution in [-0.4, -0.2) is 27.9 Å². The van der Waals surface area contributed by atoms with Crippen molar-refractivity contribution in [3.8, 4) is 6.07 Å². The number of aromatic nitrogens is 1. The molecule has 1 aliphatic heterocycles. The molecule has 5 nitrogen and oxygen atoms in total. The summed E-state index contributed by atoms with van der Waals surface area (Å²) in [4.78, 5) is 11.8. The lowest BCUT2D eigenvalue weighted by atomic mass is 9.83. The molecule has 0 spiro atoms. The van der Waals surface area contributed by atoms with E-state index in [0.29, 0.717) is 12.3 Å². The van der Waals surface area contributed by atoms with Gasteiger partial charge in [0.15, 0.2) is 0 Å². The van der Waals surface area contributed by atoms with Crippen LogP contribution in [-0.2, 0) is 10.3 Å². The van der Waals surface area contributed by atoms with Gasteiger partial charge in [0.2, 0.25) is 0 Å².